The standard InChI is InChI=1S/C15H16ClFN2/c1-19(10-11-3-2-4-13(17)7-11)14-6-5-12(9-18)15(16)8-14/h2-8H,9-10,18H2,1H3. The lowest BCUT2D eigenvalue weighted by atomic mass is 10.1. The van der Waals surface area contributed by atoms with Crippen molar-refractivity contribution in [2.75, 3.05) is 11.9 Å². The van der Waals surface area contributed by atoms with Crippen molar-refractivity contribution in [2.45, 2.75) is 13.1 Å². The molecule has 100 valence electrons. The van der Waals surface area contributed by atoms with Crippen molar-refractivity contribution in [1.29, 1.82) is 0 Å². The van der Waals surface area contributed by atoms with Crippen LogP contribution in [0.1, 0.15) is 11.1 Å². The molecule has 0 atom stereocenters. The number of benzene rings is 2. The molecule has 2 nitrogen and oxygen atoms in total. The molecule has 0 aliphatic carbocycles. The Morgan fingerprint density at radius 1 is 1.21 bits per heavy atom. The van der Waals surface area contributed by atoms with E-state index >= 15 is 0 Å². The number of halogens is 2. The van der Waals surface area contributed by atoms with Gasteiger partial charge in [-0.15, -0.1) is 0 Å². The van der Waals surface area contributed by atoms with Crippen LogP contribution in [0.25, 0.3) is 0 Å². The number of anilines is 1. The van der Waals surface area contributed by atoms with Crippen LogP contribution in [0, 0.1) is 5.82 Å². The average Bonchev–Trinajstić information content (AvgIpc) is 2.38. The molecule has 0 aromatic heterocycles. The first-order valence-corrected chi connectivity index (χ1v) is 6.42. The fourth-order valence-corrected chi connectivity index (χ4v) is 2.19. The molecule has 0 radical (unpaired) electrons. The van der Waals surface area contributed by atoms with Crippen molar-refractivity contribution in [3.8, 4) is 0 Å². The van der Waals surface area contributed by atoms with Crippen molar-refractivity contribution < 1.29 is 4.39 Å². The van der Waals surface area contributed by atoms with Crippen LogP contribution >= 0.6 is 11.6 Å². The average molecular weight is 279 g/mol. The van der Waals surface area contributed by atoms with Gasteiger partial charge < -0.3 is 10.6 Å². The van der Waals surface area contributed by atoms with E-state index in [1.165, 1.54) is 12.1 Å². The summed E-state index contributed by atoms with van der Waals surface area (Å²) in [6.45, 7) is 1.04. The van der Waals surface area contributed by atoms with Gasteiger partial charge >= 0.3 is 0 Å². The van der Waals surface area contributed by atoms with Crippen molar-refractivity contribution in [3.63, 3.8) is 0 Å². The summed E-state index contributed by atoms with van der Waals surface area (Å²) in [7, 11) is 1.94. The normalized spacial score (nSPS) is 10.5. The Balaban J connectivity index is 2.15. The third kappa shape index (κ3) is 3.46. The van der Waals surface area contributed by atoms with E-state index < -0.39 is 0 Å². The molecule has 0 saturated heterocycles. The minimum atomic E-state index is -0.220. The Morgan fingerprint density at radius 2 is 2.00 bits per heavy atom. The summed E-state index contributed by atoms with van der Waals surface area (Å²) >= 11 is 6.14. The topological polar surface area (TPSA) is 29.3 Å². The van der Waals surface area contributed by atoms with E-state index in [4.69, 9.17) is 17.3 Å². The van der Waals surface area contributed by atoms with E-state index in [9.17, 15) is 4.39 Å². The van der Waals surface area contributed by atoms with Crippen LogP contribution in [0.5, 0.6) is 0 Å². The molecule has 0 bridgehead atoms. The van der Waals surface area contributed by atoms with Gasteiger partial charge in [0.05, 0.1) is 0 Å². The molecule has 0 heterocycles. The van der Waals surface area contributed by atoms with Gasteiger partial charge in [0.1, 0.15) is 5.82 Å². The molecule has 2 aromatic rings. The zero-order valence-corrected chi connectivity index (χ0v) is 11.5. The molecule has 0 fully saturated rings. The minimum Gasteiger partial charge on any atom is -0.370 e. The number of rotatable bonds is 4. The van der Waals surface area contributed by atoms with Crippen molar-refractivity contribution in [1.82, 2.24) is 0 Å². The summed E-state index contributed by atoms with van der Waals surface area (Å²) in [6.07, 6.45) is 0. The lowest BCUT2D eigenvalue weighted by molar-refractivity contribution is 0.625. The lowest BCUT2D eigenvalue weighted by Crippen LogP contribution is -2.16. The molecule has 19 heavy (non-hydrogen) atoms. The molecular formula is C15H16ClFN2. The van der Waals surface area contributed by atoms with Gasteiger partial charge in [-0.25, -0.2) is 4.39 Å². The highest BCUT2D eigenvalue weighted by molar-refractivity contribution is 6.31. The molecule has 0 saturated carbocycles. The second-order valence-electron chi connectivity index (χ2n) is 4.47. The summed E-state index contributed by atoms with van der Waals surface area (Å²) in [5, 5.41) is 0.658. The Bertz CT molecular complexity index is 572. The van der Waals surface area contributed by atoms with Crippen LogP contribution in [0.3, 0.4) is 0 Å². The van der Waals surface area contributed by atoms with Gasteiger partial charge in [0.15, 0.2) is 0 Å². The predicted molar refractivity (Wildman–Crippen MR) is 77.9 cm³/mol. The summed E-state index contributed by atoms with van der Waals surface area (Å²) in [6, 6.07) is 12.3. The fourth-order valence-electron chi connectivity index (χ4n) is 1.94. The van der Waals surface area contributed by atoms with E-state index in [0.717, 1.165) is 16.8 Å². The number of hydrogen-bond donors (Lipinski definition) is 1. The fraction of sp³-hybridized carbons (Fsp3) is 0.200. The van der Waals surface area contributed by atoms with E-state index in [-0.39, 0.29) is 5.82 Å². The highest BCUT2D eigenvalue weighted by atomic mass is 35.5. The predicted octanol–water partition coefficient (Wildman–Crippen LogP) is 3.57. The molecule has 4 heteroatoms. The van der Waals surface area contributed by atoms with Crippen LogP contribution in [0.4, 0.5) is 10.1 Å². The number of hydrogen-bond acceptors (Lipinski definition) is 2. The first kappa shape index (κ1) is 13.8. The Kier molecular flexibility index (Phi) is 4.40. The second-order valence-corrected chi connectivity index (χ2v) is 4.87. The molecule has 0 aliphatic heterocycles. The van der Waals surface area contributed by atoms with Gasteiger partial charge in [-0.2, -0.15) is 0 Å². The summed E-state index contributed by atoms with van der Waals surface area (Å²) in [4.78, 5) is 2.01. The van der Waals surface area contributed by atoms with Crippen LogP contribution in [0.15, 0.2) is 42.5 Å². The van der Waals surface area contributed by atoms with Crippen LogP contribution in [-0.2, 0) is 13.1 Å². The number of nitrogens with two attached hydrogens (primary N) is 1. The SMILES string of the molecule is CN(Cc1cccc(F)c1)c1ccc(CN)c(Cl)c1. The quantitative estimate of drug-likeness (QED) is 0.926. The lowest BCUT2D eigenvalue weighted by Gasteiger charge is -2.20. The van der Waals surface area contributed by atoms with Gasteiger partial charge in [0.25, 0.3) is 0 Å². The Hall–Kier alpha value is -1.58. The maximum absolute atomic E-state index is 13.1. The first-order chi connectivity index (χ1) is 9.10. The highest BCUT2D eigenvalue weighted by Gasteiger charge is 2.06. The molecule has 0 unspecified atom stereocenters. The van der Waals surface area contributed by atoms with E-state index in [1.807, 2.05) is 36.2 Å². The summed E-state index contributed by atoms with van der Waals surface area (Å²) in [5.74, 6) is -0.220. The molecule has 2 N–H and O–H groups in total. The van der Waals surface area contributed by atoms with Gasteiger partial charge in [0.2, 0.25) is 0 Å². The minimum absolute atomic E-state index is 0.220. The molecular weight excluding hydrogens is 263 g/mol. The first-order valence-electron chi connectivity index (χ1n) is 6.04. The molecule has 0 spiro atoms. The molecule has 2 aromatic carbocycles. The third-order valence-corrected chi connectivity index (χ3v) is 3.36. The maximum atomic E-state index is 13.1. The third-order valence-electron chi connectivity index (χ3n) is 3.01. The zero-order valence-electron chi connectivity index (χ0n) is 10.7. The monoisotopic (exact) mass is 278 g/mol. The van der Waals surface area contributed by atoms with E-state index in [0.29, 0.717) is 18.1 Å². The maximum Gasteiger partial charge on any atom is 0.123 e. The molecule has 0 aliphatic rings. The molecule has 2 rings (SSSR count). The number of nitrogens with zero attached hydrogens (tertiary/aromatic N) is 1. The molecule has 0 amide bonds. The second kappa shape index (κ2) is 6.04. The van der Waals surface area contributed by atoms with Gasteiger partial charge in [-0.1, -0.05) is 29.8 Å². The van der Waals surface area contributed by atoms with Crippen LogP contribution < -0.4 is 10.6 Å². The summed E-state index contributed by atoms with van der Waals surface area (Å²) < 4.78 is 13.1. The largest absolute Gasteiger partial charge is 0.370 e. The van der Waals surface area contributed by atoms with E-state index in [1.54, 1.807) is 6.07 Å². The van der Waals surface area contributed by atoms with Crippen molar-refractivity contribution in [2.24, 2.45) is 5.73 Å². The van der Waals surface area contributed by atoms with Crippen molar-refractivity contribution >= 4 is 17.3 Å². The Morgan fingerprint density at radius 3 is 2.63 bits per heavy atom. The van der Waals surface area contributed by atoms with Gasteiger partial charge in [0, 0.05) is 30.8 Å². The van der Waals surface area contributed by atoms with Crippen LogP contribution in [0.2, 0.25) is 5.02 Å². The van der Waals surface area contributed by atoms with E-state index in [2.05, 4.69) is 0 Å². The zero-order chi connectivity index (χ0) is 13.8. The van der Waals surface area contributed by atoms with Crippen LogP contribution in [-0.4, -0.2) is 7.05 Å². The smallest absolute Gasteiger partial charge is 0.123 e. The van der Waals surface area contributed by atoms with Crippen molar-refractivity contribution in [3.05, 3.63) is 64.4 Å². The van der Waals surface area contributed by atoms with Gasteiger partial charge in [-0.05, 0) is 35.4 Å². The highest BCUT2D eigenvalue weighted by Crippen LogP contribution is 2.24. The van der Waals surface area contributed by atoms with Gasteiger partial charge in [-0.3, -0.25) is 0 Å². The summed E-state index contributed by atoms with van der Waals surface area (Å²) in [5.41, 5.74) is 8.39. The Labute approximate surface area is 117 Å².